The molecule has 0 bridgehead atoms. The molecule has 1 fully saturated rings. The number of nitrogens with zero attached hydrogens (tertiary/aromatic N) is 2. The zero-order chi connectivity index (χ0) is 12.5. The molecule has 0 amide bonds. The Bertz CT molecular complexity index is 302. The van der Waals surface area contributed by atoms with Gasteiger partial charge in [-0.2, -0.15) is 0 Å². The summed E-state index contributed by atoms with van der Waals surface area (Å²) in [4.78, 5) is 8.98. The van der Waals surface area contributed by atoms with Crippen LogP contribution in [0.3, 0.4) is 0 Å². The summed E-state index contributed by atoms with van der Waals surface area (Å²) in [6.45, 7) is 6.05. The molecule has 0 N–H and O–H groups in total. The molecule has 1 saturated carbocycles. The zero-order valence-electron chi connectivity index (χ0n) is 11.6. The molecular weight excluding hydrogens is 208 g/mol. The van der Waals surface area contributed by atoms with E-state index in [0.717, 1.165) is 11.5 Å². The number of hydrogen-bond donors (Lipinski definition) is 0. The van der Waals surface area contributed by atoms with Gasteiger partial charge in [-0.3, -0.25) is 0 Å². The third kappa shape index (κ3) is 4.84. The van der Waals surface area contributed by atoms with Gasteiger partial charge in [-0.15, -0.1) is 0 Å². The fourth-order valence-electron chi connectivity index (χ4n) is 2.38. The first-order valence-electron chi connectivity index (χ1n) is 7.16. The average Bonchev–Trinajstić information content (AvgIpc) is 2.31. The molecule has 1 aliphatic carbocycles. The van der Waals surface area contributed by atoms with Gasteiger partial charge in [-0.05, 0) is 25.8 Å². The minimum absolute atomic E-state index is 0.616. The lowest BCUT2D eigenvalue weighted by molar-refractivity contribution is 0.442. The Morgan fingerprint density at radius 2 is 1.59 bits per heavy atom. The van der Waals surface area contributed by atoms with Gasteiger partial charge in [-0.1, -0.05) is 46.0 Å². The standard InChI is InChI=1S/C13H20N2.C2H6/c1-11-9-10-14-13(15-11)12-7-5-3-2-4-6-8-12;1-2/h9-10,12H,2-8H2,1H3;1-2H3. The first-order chi connectivity index (χ1) is 8.36. The second kappa shape index (κ2) is 8.21. The molecule has 17 heavy (non-hydrogen) atoms. The summed E-state index contributed by atoms with van der Waals surface area (Å²) in [5, 5.41) is 0. The normalized spacial score (nSPS) is 17.6. The van der Waals surface area contributed by atoms with Crippen molar-refractivity contribution in [3.8, 4) is 0 Å². The van der Waals surface area contributed by atoms with Crippen molar-refractivity contribution in [3.63, 3.8) is 0 Å². The average molecular weight is 234 g/mol. The van der Waals surface area contributed by atoms with Crippen LogP contribution in [0, 0.1) is 6.92 Å². The summed E-state index contributed by atoms with van der Waals surface area (Å²) >= 11 is 0. The maximum absolute atomic E-state index is 4.56. The van der Waals surface area contributed by atoms with Crippen LogP contribution >= 0.6 is 0 Å². The third-order valence-corrected chi connectivity index (χ3v) is 3.28. The van der Waals surface area contributed by atoms with Gasteiger partial charge in [0.2, 0.25) is 0 Å². The fraction of sp³-hybridized carbons (Fsp3) is 0.733. The third-order valence-electron chi connectivity index (χ3n) is 3.28. The molecule has 1 heterocycles. The fourth-order valence-corrected chi connectivity index (χ4v) is 2.38. The smallest absolute Gasteiger partial charge is 0.131 e. The lowest BCUT2D eigenvalue weighted by Crippen LogP contribution is -2.07. The van der Waals surface area contributed by atoms with Crippen molar-refractivity contribution in [1.82, 2.24) is 9.97 Å². The van der Waals surface area contributed by atoms with Crippen molar-refractivity contribution in [3.05, 3.63) is 23.8 Å². The van der Waals surface area contributed by atoms with E-state index in [1.807, 2.05) is 33.0 Å². The second-order valence-electron chi connectivity index (χ2n) is 4.60. The first-order valence-corrected chi connectivity index (χ1v) is 7.16. The van der Waals surface area contributed by atoms with Crippen molar-refractivity contribution in [2.75, 3.05) is 0 Å². The van der Waals surface area contributed by atoms with E-state index in [1.165, 1.54) is 44.9 Å². The van der Waals surface area contributed by atoms with Crippen LogP contribution in [0.1, 0.15) is 76.2 Å². The second-order valence-corrected chi connectivity index (χ2v) is 4.60. The molecule has 1 aromatic rings. The Hall–Kier alpha value is -0.920. The molecule has 1 aromatic heterocycles. The van der Waals surface area contributed by atoms with Crippen LogP contribution in [0.15, 0.2) is 12.3 Å². The summed E-state index contributed by atoms with van der Waals surface area (Å²) in [5.74, 6) is 1.70. The molecule has 0 aromatic carbocycles. The molecule has 2 nitrogen and oxygen atoms in total. The zero-order valence-corrected chi connectivity index (χ0v) is 11.6. The Morgan fingerprint density at radius 3 is 2.18 bits per heavy atom. The summed E-state index contributed by atoms with van der Waals surface area (Å²) in [6, 6.07) is 1.98. The van der Waals surface area contributed by atoms with Crippen LogP contribution in [-0.2, 0) is 0 Å². The maximum atomic E-state index is 4.56. The van der Waals surface area contributed by atoms with Crippen molar-refractivity contribution < 1.29 is 0 Å². The Balaban J connectivity index is 0.000000686. The summed E-state index contributed by atoms with van der Waals surface area (Å²) < 4.78 is 0. The van der Waals surface area contributed by atoms with Crippen LogP contribution in [-0.4, -0.2) is 9.97 Å². The minimum atomic E-state index is 0.616. The molecule has 2 rings (SSSR count). The van der Waals surface area contributed by atoms with E-state index in [2.05, 4.69) is 9.97 Å². The molecule has 0 saturated heterocycles. The summed E-state index contributed by atoms with van der Waals surface area (Å²) in [6.07, 6.45) is 11.4. The van der Waals surface area contributed by atoms with E-state index >= 15 is 0 Å². The molecule has 2 heteroatoms. The molecule has 0 spiro atoms. The monoisotopic (exact) mass is 234 g/mol. The van der Waals surface area contributed by atoms with Gasteiger partial charge in [0, 0.05) is 17.8 Å². The number of hydrogen-bond acceptors (Lipinski definition) is 2. The largest absolute Gasteiger partial charge is 0.241 e. The Kier molecular flexibility index (Phi) is 6.83. The van der Waals surface area contributed by atoms with Crippen molar-refractivity contribution >= 4 is 0 Å². The number of aromatic nitrogens is 2. The van der Waals surface area contributed by atoms with Gasteiger partial charge in [0.25, 0.3) is 0 Å². The lowest BCUT2D eigenvalue weighted by atomic mass is 9.90. The molecule has 0 atom stereocenters. The van der Waals surface area contributed by atoms with Crippen LogP contribution in [0.5, 0.6) is 0 Å². The highest BCUT2D eigenvalue weighted by atomic mass is 14.9. The SMILES string of the molecule is CC.Cc1ccnc(C2CCCCCCC2)n1. The van der Waals surface area contributed by atoms with E-state index in [-0.39, 0.29) is 0 Å². The molecule has 1 aliphatic rings. The summed E-state index contributed by atoms with van der Waals surface area (Å²) in [5.41, 5.74) is 1.10. The predicted molar refractivity (Wildman–Crippen MR) is 73.2 cm³/mol. The Labute approximate surface area is 106 Å². The van der Waals surface area contributed by atoms with Crippen molar-refractivity contribution in [2.45, 2.75) is 71.6 Å². The molecular formula is C15H26N2. The van der Waals surface area contributed by atoms with Gasteiger partial charge in [0.15, 0.2) is 0 Å². The van der Waals surface area contributed by atoms with E-state index in [4.69, 9.17) is 0 Å². The van der Waals surface area contributed by atoms with Crippen LogP contribution < -0.4 is 0 Å². The topological polar surface area (TPSA) is 25.8 Å². The molecule has 0 unspecified atom stereocenters. The highest BCUT2D eigenvalue weighted by molar-refractivity contribution is 5.04. The molecule has 0 aliphatic heterocycles. The van der Waals surface area contributed by atoms with Gasteiger partial charge in [-0.25, -0.2) is 9.97 Å². The number of rotatable bonds is 1. The summed E-state index contributed by atoms with van der Waals surface area (Å²) in [7, 11) is 0. The van der Waals surface area contributed by atoms with Crippen LogP contribution in [0.25, 0.3) is 0 Å². The highest BCUT2D eigenvalue weighted by Crippen LogP contribution is 2.28. The number of aryl methyl sites for hydroxylation is 1. The minimum Gasteiger partial charge on any atom is -0.241 e. The first kappa shape index (κ1) is 14.1. The lowest BCUT2D eigenvalue weighted by Gasteiger charge is -2.18. The quantitative estimate of drug-likeness (QED) is 0.707. The van der Waals surface area contributed by atoms with E-state index in [9.17, 15) is 0 Å². The maximum Gasteiger partial charge on any atom is 0.131 e. The van der Waals surface area contributed by atoms with Gasteiger partial charge >= 0.3 is 0 Å². The van der Waals surface area contributed by atoms with Gasteiger partial charge in [0.05, 0.1) is 0 Å². The van der Waals surface area contributed by atoms with Gasteiger partial charge in [0.1, 0.15) is 5.82 Å². The van der Waals surface area contributed by atoms with Crippen molar-refractivity contribution in [2.24, 2.45) is 0 Å². The van der Waals surface area contributed by atoms with E-state index < -0.39 is 0 Å². The van der Waals surface area contributed by atoms with E-state index in [0.29, 0.717) is 5.92 Å². The van der Waals surface area contributed by atoms with Crippen LogP contribution in [0.2, 0.25) is 0 Å². The van der Waals surface area contributed by atoms with Gasteiger partial charge < -0.3 is 0 Å². The molecule has 96 valence electrons. The molecule has 0 radical (unpaired) electrons. The van der Waals surface area contributed by atoms with E-state index in [1.54, 1.807) is 0 Å². The Morgan fingerprint density at radius 1 is 1.00 bits per heavy atom. The van der Waals surface area contributed by atoms with Crippen LogP contribution in [0.4, 0.5) is 0 Å². The van der Waals surface area contributed by atoms with Crippen molar-refractivity contribution in [1.29, 1.82) is 0 Å². The highest BCUT2D eigenvalue weighted by Gasteiger charge is 2.15. The predicted octanol–water partition coefficient (Wildman–Crippen LogP) is 4.64.